The minimum absolute atomic E-state index is 0.0249. The second kappa shape index (κ2) is 8.88. The van der Waals surface area contributed by atoms with Crippen LogP contribution < -0.4 is 10.6 Å². The fourth-order valence-corrected chi connectivity index (χ4v) is 2.38. The average molecular weight is 330 g/mol. The van der Waals surface area contributed by atoms with Crippen molar-refractivity contribution in [3.05, 3.63) is 60.1 Å². The Hall–Kier alpha value is -2.60. The summed E-state index contributed by atoms with van der Waals surface area (Å²) >= 11 is 0. The van der Waals surface area contributed by atoms with Crippen LogP contribution in [-0.2, 0) is 4.79 Å². The number of aliphatic hydroxyl groups is 1. The molecule has 2 atom stereocenters. The first-order valence-corrected chi connectivity index (χ1v) is 7.88. The summed E-state index contributed by atoms with van der Waals surface area (Å²) in [6, 6.07) is 10.6. The SMILES string of the molecule is CC(NC(=O)c1ccoc1)C(=O)NCC(CCO)c1ccccc1. The van der Waals surface area contributed by atoms with Crippen LogP contribution in [0.25, 0.3) is 0 Å². The summed E-state index contributed by atoms with van der Waals surface area (Å²) < 4.78 is 4.85. The highest BCUT2D eigenvalue weighted by atomic mass is 16.3. The summed E-state index contributed by atoms with van der Waals surface area (Å²) in [5, 5.41) is 14.7. The van der Waals surface area contributed by atoms with Crippen molar-refractivity contribution in [2.75, 3.05) is 13.2 Å². The van der Waals surface area contributed by atoms with E-state index in [4.69, 9.17) is 4.42 Å². The van der Waals surface area contributed by atoms with Gasteiger partial charge in [0.05, 0.1) is 11.8 Å². The van der Waals surface area contributed by atoms with Gasteiger partial charge in [0.25, 0.3) is 5.91 Å². The first-order valence-electron chi connectivity index (χ1n) is 7.88. The predicted octanol–water partition coefficient (Wildman–Crippen LogP) is 1.68. The smallest absolute Gasteiger partial charge is 0.255 e. The van der Waals surface area contributed by atoms with Gasteiger partial charge in [0.1, 0.15) is 12.3 Å². The van der Waals surface area contributed by atoms with Gasteiger partial charge < -0.3 is 20.2 Å². The minimum atomic E-state index is -0.669. The summed E-state index contributed by atoms with van der Waals surface area (Å²) in [6.07, 6.45) is 3.28. The predicted molar refractivity (Wildman–Crippen MR) is 89.5 cm³/mol. The van der Waals surface area contributed by atoms with Crippen LogP contribution in [0.3, 0.4) is 0 Å². The maximum Gasteiger partial charge on any atom is 0.255 e. The van der Waals surface area contributed by atoms with Crippen molar-refractivity contribution in [3.63, 3.8) is 0 Å². The van der Waals surface area contributed by atoms with Gasteiger partial charge in [-0.15, -0.1) is 0 Å². The van der Waals surface area contributed by atoms with Gasteiger partial charge in [-0.05, 0) is 25.0 Å². The van der Waals surface area contributed by atoms with Crippen LogP contribution in [0.2, 0.25) is 0 Å². The van der Waals surface area contributed by atoms with Gasteiger partial charge in [-0.3, -0.25) is 9.59 Å². The van der Waals surface area contributed by atoms with Gasteiger partial charge in [-0.2, -0.15) is 0 Å². The standard InChI is InChI=1S/C18H22N2O4/c1-13(20-18(23)16-8-10-24-12-16)17(22)19-11-15(7-9-21)14-5-3-2-4-6-14/h2-6,8,10,12-13,15,21H,7,9,11H2,1H3,(H,19,22)(H,20,23). The summed E-state index contributed by atoms with van der Waals surface area (Å²) in [5.41, 5.74) is 1.43. The normalized spacial score (nSPS) is 13.1. The van der Waals surface area contributed by atoms with Crippen LogP contribution in [-0.4, -0.2) is 36.1 Å². The zero-order chi connectivity index (χ0) is 17.4. The number of nitrogens with one attached hydrogen (secondary N) is 2. The second-order valence-corrected chi connectivity index (χ2v) is 5.57. The van der Waals surface area contributed by atoms with Gasteiger partial charge in [-0.25, -0.2) is 0 Å². The van der Waals surface area contributed by atoms with Gasteiger partial charge in [0.2, 0.25) is 5.91 Å². The molecule has 0 aliphatic rings. The van der Waals surface area contributed by atoms with Crippen LogP contribution in [0.5, 0.6) is 0 Å². The molecule has 0 bridgehead atoms. The molecule has 1 aromatic carbocycles. The van der Waals surface area contributed by atoms with Crippen LogP contribution in [0.1, 0.15) is 35.2 Å². The highest BCUT2D eigenvalue weighted by Crippen LogP contribution is 2.18. The van der Waals surface area contributed by atoms with Gasteiger partial charge in [-0.1, -0.05) is 30.3 Å². The first kappa shape index (κ1) is 17.7. The van der Waals surface area contributed by atoms with E-state index >= 15 is 0 Å². The van der Waals surface area contributed by atoms with Crippen molar-refractivity contribution in [1.29, 1.82) is 0 Å². The second-order valence-electron chi connectivity index (χ2n) is 5.57. The molecule has 6 heteroatoms. The molecule has 0 fully saturated rings. The zero-order valence-corrected chi connectivity index (χ0v) is 13.6. The van der Waals surface area contributed by atoms with E-state index < -0.39 is 6.04 Å². The van der Waals surface area contributed by atoms with Crippen molar-refractivity contribution in [2.24, 2.45) is 0 Å². The molecule has 0 aliphatic heterocycles. The molecular weight excluding hydrogens is 308 g/mol. The lowest BCUT2D eigenvalue weighted by Gasteiger charge is -2.19. The first-order chi connectivity index (χ1) is 11.6. The molecule has 0 radical (unpaired) electrons. The molecule has 0 spiro atoms. The van der Waals surface area contributed by atoms with Crippen LogP contribution in [0.4, 0.5) is 0 Å². The molecule has 1 aromatic heterocycles. The van der Waals surface area contributed by atoms with Crippen LogP contribution >= 0.6 is 0 Å². The van der Waals surface area contributed by atoms with E-state index in [-0.39, 0.29) is 24.3 Å². The van der Waals surface area contributed by atoms with E-state index in [9.17, 15) is 14.7 Å². The maximum absolute atomic E-state index is 12.2. The average Bonchev–Trinajstić information content (AvgIpc) is 3.13. The zero-order valence-electron chi connectivity index (χ0n) is 13.6. The van der Waals surface area contributed by atoms with Crippen molar-refractivity contribution < 1.29 is 19.1 Å². The van der Waals surface area contributed by atoms with E-state index in [0.29, 0.717) is 18.5 Å². The lowest BCUT2D eigenvalue weighted by atomic mass is 9.96. The van der Waals surface area contributed by atoms with Crippen molar-refractivity contribution in [1.82, 2.24) is 10.6 Å². The molecule has 0 saturated heterocycles. The lowest BCUT2D eigenvalue weighted by molar-refractivity contribution is -0.122. The number of carbonyl (C=O) groups is 2. The molecule has 3 N–H and O–H groups in total. The van der Waals surface area contributed by atoms with E-state index in [0.717, 1.165) is 5.56 Å². The molecule has 0 saturated carbocycles. The Balaban J connectivity index is 1.87. The van der Waals surface area contributed by atoms with Crippen LogP contribution in [0, 0.1) is 0 Å². The van der Waals surface area contributed by atoms with E-state index in [1.807, 2.05) is 30.3 Å². The molecule has 2 rings (SSSR count). The number of benzene rings is 1. The monoisotopic (exact) mass is 330 g/mol. The molecule has 2 amide bonds. The maximum atomic E-state index is 12.2. The van der Waals surface area contributed by atoms with E-state index in [1.165, 1.54) is 18.6 Å². The number of hydrogen-bond donors (Lipinski definition) is 3. The molecule has 24 heavy (non-hydrogen) atoms. The molecule has 6 nitrogen and oxygen atoms in total. The highest BCUT2D eigenvalue weighted by molar-refractivity contribution is 5.97. The van der Waals surface area contributed by atoms with Gasteiger partial charge in [0.15, 0.2) is 0 Å². The van der Waals surface area contributed by atoms with Crippen molar-refractivity contribution in [3.8, 4) is 0 Å². The Morgan fingerprint density at radius 1 is 1.21 bits per heavy atom. The Bertz CT molecular complexity index is 640. The summed E-state index contributed by atoms with van der Waals surface area (Å²) in [5.74, 6) is -0.607. The summed E-state index contributed by atoms with van der Waals surface area (Å²) in [7, 11) is 0. The van der Waals surface area contributed by atoms with E-state index in [1.54, 1.807) is 6.92 Å². The highest BCUT2D eigenvalue weighted by Gasteiger charge is 2.19. The Labute approximate surface area is 140 Å². The number of amides is 2. The van der Waals surface area contributed by atoms with Crippen LogP contribution in [0.15, 0.2) is 53.3 Å². The van der Waals surface area contributed by atoms with E-state index in [2.05, 4.69) is 10.6 Å². The molecule has 2 aromatic rings. The quantitative estimate of drug-likeness (QED) is 0.687. The Morgan fingerprint density at radius 2 is 1.96 bits per heavy atom. The fraction of sp³-hybridized carbons (Fsp3) is 0.333. The Morgan fingerprint density at radius 3 is 2.58 bits per heavy atom. The van der Waals surface area contributed by atoms with Gasteiger partial charge in [0, 0.05) is 19.1 Å². The molecule has 2 unspecified atom stereocenters. The lowest BCUT2D eigenvalue weighted by Crippen LogP contribution is -2.45. The largest absolute Gasteiger partial charge is 0.472 e. The minimum Gasteiger partial charge on any atom is -0.472 e. The fourth-order valence-electron chi connectivity index (χ4n) is 2.38. The van der Waals surface area contributed by atoms with Crippen molar-refractivity contribution in [2.45, 2.75) is 25.3 Å². The van der Waals surface area contributed by atoms with Gasteiger partial charge >= 0.3 is 0 Å². The number of rotatable bonds is 8. The van der Waals surface area contributed by atoms with Crippen molar-refractivity contribution >= 4 is 11.8 Å². The number of aliphatic hydroxyl groups excluding tert-OH is 1. The Kier molecular flexibility index (Phi) is 6.57. The third kappa shape index (κ3) is 4.96. The number of hydrogen-bond acceptors (Lipinski definition) is 4. The summed E-state index contributed by atoms with van der Waals surface area (Å²) in [4.78, 5) is 24.1. The topological polar surface area (TPSA) is 91.6 Å². The summed E-state index contributed by atoms with van der Waals surface area (Å²) in [6.45, 7) is 2.06. The number of carbonyl (C=O) groups excluding carboxylic acids is 2. The third-order valence-corrected chi connectivity index (χ3v) is 3.80. The molecule has 1 heterocycles. The third-order valence-electron chi connectivity index (χ3n) is 3.80. The molecule has 0 aliphatic carbocycles. The number of furan rings is 1. The molecule has 128 valence electrons. The molecular formula is C18H22N2O4.